The number of carbonyl (C=O) groups is 1. The molecule has 3 aromatic rings. The van der Waals surface area contributed by atoms with Crippen molar-refractivity contribution >= 4 is 23.3 Å². The van der Waals surface area contributed by atoms with Gasteiger partial charge in [-0.2, -0.15) is 9.78 Å². The number of ether oxygens (including phenoxy) is 2. The number of amides is 1. The molecular formula is C22H23ClN4O3. The minimum absolute atomic E-state index is 0.134. The third-order valence-electron chi connectivity index (χ3n) is 4.63. The standard InChI is InChI=1S/C22H23ClN4O3/c1-22(2,3)17-13-19(27(26-17)18-6-4-5-7-24-18)25-20(28)12-14-10-15(23)21-16(11-14)29-8-9-30-21/h4-7,10-11,13H,8-9,12H2,1-3H3,(H,25,28). The summed E-state index contributed by atoms with van der Waals surface area (Å²) in [5.41, 5.74) is 1.41. The van der Waals surface area contributed by atoms with Crippen molar-refractivity contribution in [1.29, 1.82) is 0 Å². The zero-order valence-corrected chi connectivity index (χ0v) is 17.9. The normalized spacial score (nSPS) is 13.2. The second-order valence-corrected chi connectivity index (χ2v) is 8.50. The first-order valence-corrected chi connectivity index (χ1v) is 10.1. The van der Waals surface area contributed by atoms with Gasteiger partial charge in [0.25, 0.3) is 0 Å². The van der Waals surface area contributed by atoms with E-state index in [0.717, 1.165) is 11.3 Å². The second-order valence-electron chi connectivity index (χ2n) is 8.09. The topological polar surface area (TPSA) is 78.3 Å². The summed E-state index contributed by atoms with van der Waals surface area (Å²) in [6.45, 7) is 7.13. The van der Waals surface area contributed by atoms with Gasteiger partial charge >= 0.3 is 0 Å². The maximum Gasteiger partial charge on any atom is 0.229 e. The van der Waals surface area contributed by atoms with E-state index in [-0.39, 0.29) is 17.7 Å². The van der Waals surface area contributed by atoms with Gasteiger partial charge in [-0.1, -0.05) is 38.4 Å². The van der Waals surface area contributed by atoms with E-state index in [4.69, 9.17) is 21.1 Å². The number of nitrogens with zero attached hydrogens (tertiary/aromatic N) is 3. The number of anilines is 1. The molecule has 0 saturated carbocycles. The third-order valence-corrected chi connectivity index (χ3v) is 4.91. The van der Waals surface area contributed by atoms with E-state index in [9.17, 15) is 4.79 Å². The van der Waals surface area contributed by atoms with Crippen molar-refractivity contribution in [2.75, 3.05) is 18.5 Å². The molecule has 30 heavy (non-hydrogen) atoms. The number of nitrogens with one attached hydrogen (secondary N) is 1. The molecule has 3 heterocycles. The molecule has 0 bridgehead atoms. The van der Waals surface area contributed by atoms with Crippen LogP contribution in [0, 0.1) is 0 Å². The molecule has 1 N–H and O–H groups in total. The fourth-order valence-electron chi connectivity index (χ4n) is 3.13. The van der Waals surface area contributed by atoms with E-state index in [1.807, 2.05) is 24.3 Å². The molecule has 1 amide bonds. The van der Waals surface area contributed by atoms with E-state index in [0.29, 0.717) is 41.4 Å². The van der Waals surface area contributed by atoms with Crippen LogP contribution in [0.4, 0.5) is 5.82 Å². The Morgan fingerprint density at radius 2 is 2.00 bits per heavy atom. The number of pyridine rings is 1. The maximum absolute atomic E-state index is 12.8. The lowest BCUT2D eigenvalue weighted by Crippen LogP contribution is -2.19. The smallest absolute Gasteiger partial charge is 0.229 e. The van der Waals surface area contributed by atoms with E-state index in [1.54, 1.807) is 23.0 Å². The third kappa shape index (κ3) is 4.26. The van der Waals surface area contributed by atoms with Gasteiger partial charge in [-0.15, -0.1) is 0 Å². The van der Waals surface area contributed by atoms with Gasteiger partial charge in [-0.3, -0.25) is 4.79 Å². The van der Waals surface area contributed by atoms with Crippen molar-refractivity contribution in [2.24, 2.45) is 0 Å². The number of fused-ring (bicyclic) bond motifs is 1. The highest BCUT2D eigenvalue weighted by atomic mass is 35.5. The van der Waals surface area contributed by atoms with Crippen LogP contribution in [-0.2, 0) is 16.6 Å². The van der Waals surface area contributed by atoms with Gasteiger partial charge in [0, 0.05) is 17.7 Å². The molecule has 0 unspecified atom stereocenters. The first-order chi connectivity index (χ1) is 14.3. The number of hydrogen-bond donors (Lipinski definition) is 1. The molecule has 7 nitrogen and oxygen atoms in total. The van der Waals surface area contributed by atoms with Gasteiger partial charge in [0.15, 0.2) is 17.3 Å². The van der Waals surface area contributed by atoms with Crippen molar-refractivity contribution < 1.29 is 14.3 Å². The number of rotatable bonds is 4. The molecule has 156 valence electrons. The first-order valence-electron chi connectivity index (χ1n) is 9.71. The van der Waals surface area contributed by atoms with E-state index < -0.39 is 0 Å². The molecule has 0 fully saturated rings. The summed E-state index contributed by atoms with van der Waals surface area (Å²) in [6.07, 6.45) is 1.82. The molecule has 1 aliphatic heterocycles. The Morgan fingerprint density at radius 1 is 1.20 bits per heavy atom. The molecule has 4 rings (SSSR count). The summed E-state index contributed by atoms with van der Waals surface area (Å²) in [6, 6.07) is 11.0. The lowest BCUT2D eigenvalue weighted by molar-refractivity contribution is -0.115. The van der Waals surface area contributed by atoms with Crippen LogP contribution in [-0.4, -0.2) is 33.9 Å². The Labute approximate surface area is 180 Å². The number of carbonyl (C=O) groups excluding carboxylic acids is 1. The van der Waals surface area contributed by atoms with Gasteiger partial charge in [-0.25, -0.2) is 4.98 Å². The lowest BCUT2D eigenvalue weighted by atomic mass is 9.92. The van der Waals surface area contributed by atoms with E-state index in [2.05, 4.69) is 36.2 Å². The predicted molar refractivity (Wildman–Crippen MR) is 115 cm³/mol. The SMILES string of the molecule is CC(C)(C)c1cc(NC(=O)Cc2cc(Cl)c3c(c2)OCCO3)n(-c2ccccn2)n1. The average molecular weight is 427 g/mol. The van der Waals surface area contributed by atoms with Crippen LogP contribution in [0.25, 0.3) is 5.82 Å². The summed E-state index contributed by atoms with van der Waals surface area (Å²) in [7, 11) is 0. The maximum atomic E-state index is 12.8. The van der Waals surface area contributed by atoms with Gasteiger partial charge in [-0.05, 0) is 29.8 Å². The van der Waals surface area contributed by atoms with Crippen molar-refractivity contribution in [2.45, 2.75) is 32.6 Å². The van der Waals surface area contributed by atoms with E-state index >= 15 is 0 Å². The highest BCUT2D eigenvalue weighted by Crippen LogP contribution is 2.38. The Hall–Kier alpha value is -3.06. The Kier molecular flexibility index (Phi) is 5.39. The van der Waals surface area contributed by atoms with Gasteiger partial charge < -0.3 is 14.8 Å². The van der Waals surface area contributed by atoms with Gasteiger partial charge in [0.2, 0.25) is 5.91 Å². The molecule has 1 aromatic carbocycles. The molecular weight excluding hydrogens is 404 g/mol. The highest BCUT2D eigenvalue weighted by molar-refractivity contribution is 6.32. The summed E-state index contributed by atoms with van der Waals surface area (Å²) in [4.78, 5) is 17.2. The molecule has 8 heteroatoms. The van der Waals surface area contributed by atoms with Crippen LogP contribution in [0.5, 0.6) is 11.5 Å². The largest absolute Gasteiger partial charge is 0.486 e. The molecule has 0 spiro atoms. The second kappa shape index (κ2) is 7.99. The Bertz CT molecular complexity index is 1070. The molecule has 2 aromatic heterocycles. The molecule has 0 radical (unpaired) electrons. The van der Waals surface area contributed by atoms with Crippen molar-refractivity contribution in [3.63, 3.8) is 0 Å². The quantitative estimate of drug-likeness (QED) is 0.677. The highest BCUT2D eigenvalue weighted by Gasteiger charge is 2.22. The minimum atomic E-state index is -0.194. The predicted octanol–water partition coefficient (Wildman–Crippen LogP) is 4.17. The minimum Gasteiger partial charge on any atom is -0.486 e. The molecule has 0 atom stereocenters. The van der Waals surface area contributed by atoms with Crippen LogP contribution in [0.3, 0.4) is 0 Å². The van der Waals surface area contributed by atoms with Gasteiger partial charge in [0.05, 0.1) is 17.1 Å². The Balaban J connectivity index is 1.59. The van der Waals surface area contributed by atoms with Crippen molar-refractivity contribution in [1.82, 2.24) is 14.8 Å². The van der Waals surface area contributed by atoms with Crippen LogP contribution >= 0.6 is 11.6 Å². The summed E-state index contributed by atoms with van der Waals surface area (Å²) < 4.78 is 12.8. The van der Waals surface area contributed by atoms with Crippen LogP contribution in [0.1, 0.15) is 32.0 Å². The average Bonchev–Trinajstić information content (AvgIpc) is 3.13. The van der Waals surface area contributed by atoms with Gasteiger partial charge in [0.1, 0.15) is 19.0 Å². The number of hydrogen-bond acceptors (Lipinski definition) is 5. The van der Waals surface area contributed by atoms with Crippen LogP contribution in [0.2, 0.25) is 5.02 Å². The zero-order chi connectivity index (χ0) is 21.3. The number of benzene rings is 1. The lowest BCUT2D eigenvalue weighted by Gasteiger charge is -2.20. The number of aromatic nitrogens is 3. The summed E-state index contributed by atoms with van der Waals surface area (Å²) in [5.74, 6) is 2.08. The fourth-order valence-corrected chi connectivity index (χ4v) is 3.42. The summed E-state index contributed by atoms with van der Waals surface area (Å²) >= 11 is 6.29. The molecule has 1 aliphatic rings. The number of halogens is 1. The molecule has 0 aliphatic carbocycles. The van der Waals surface area contributed by atoms with E-state index in [1.165, 1.54) is 0 Å². The Morgan fingerprint density at radius 3 is 2.73 bits per heavy atom. The summed E-state index contributed by atoms with van der Waals surface area (Å²) in [5, 5.41) is 8.06. The van der Waals surface area contributed by atoms with Crippen LogP contribution < -0.4 is 14.8 Å². The van der Waals surface area contributed by atoms with Crippen molar-refractivity contribution in [3.8, 4) is 17.3 Å². The zero-order valence-electron chi connectivity index (χ0n) is 17.1. The molecule has 0 saturated heterocycles. The van der Waals surface area contributed by atoms with Crippen molar-refractivity contribution in [3.05, 3.63) is 58.9 Å². The van der Waals surface area contributed by atoms with Crippen LogP contribution in [0.15, 0.2) is 42.6 Å². The first kappa shape index (κ1) is 20.2. The monoisotopic (exact) mass is 426 g/mol. The fraction of sp³-hybridized carbons (Fsp3) is 0.318.